The lowest BCUT2D eigenvalue weighted by atomic mass is 10.3. The third-order valence-corrected chi connectivity index (χ3v) is 6.95. The molecule has 21 heavy (non-hydrogen) atoms. The predicted octanol–water partition coefficient (Wildman–Crippen LogP) is 3.29. The Morgan fingerprint density at radius 3 is 1.76 bits per heavy atom. The van der Waals surface area contributed by atoms with Crippen LogP contribution in [0.3, 0.4) is 0 Å². The molecule has 0 unspecified atom stereocenters. The van der Waals surface area contributed by atoms with Crippen LogP contribution in [0, 0.1) is 0 Å². The molecule has 0 saturated carbocycles. The first-order chi connectivity index (χ1) is 10.2. The first kappa shape index (κ1) is 14.0. The van der Waals surface area contributed by atoms with Crippen molar-refractivity contribution in [2.24, 2.45) is 0 Å². The van der Waals surface area contributed by atoms with Crippen LogP contribution in [-0.2, 0) is 9.36 Å². The minimum Gasteiger partial charge on any atom is -0.313 e. The zero-order valence-electron chi connectivity index (χ0n) is 11.7. The van der Waals surface area contributed by atoms with E-state index in [1.807, 2.05) is 60.7 Å². The highest BCUT2D eigenvalue weighted by Gasteiger charge is 2.29. The van der Waals surface area contributed by atoms with Crippen LogP contribution >= 0.6 is 7.14 Å². The van der Waals surface area contributed by atoms with Gasteiger partial charge < -0.3 is 4.57 Å². The van der Waals surface area contributed by atoms with Gasteiger partial charge in [0.05, 0.1) is 0 Å². The first-order valence-electron chi connectivity index (χ1n) is 7.11. The summed E-state index contributed by atoms with van der Waals surface area (Å²) in [6.07, 6.45) is 3.44. The van der Waals surface area contributed by atoms with Crippen LogP contribution in [0.1, 0.15) is 12.8 Å². The molecule has 0 amide bonds. The monoisotopic (exact) mass is 296 g/mol. The Balaban J connectivity index is 2.05. The van der Waals surface area contributed by atoms with Crippen LogP contribution in [0.4, 0.5) is 0 Å². The SMILES string of the molecule is O=C1C=C(CP(=O)(c2ccccc2)c2ccccc2)CC1. The van der Waals surface area contributed by atoms with Crippen LogP contribution < -0.4 is 10.6 Å². The van der Waals surface area contributed by atoms with Gasteiger partial charge in [-0.3, -0.25) is 4.79 Å². The zero-order valence-corrected chi connectivity index (χ0v) is 12.6. The van der Waals surface area contributed by atoms with Crippen LogP contribution in [-0.4, -0.2) is 11.9 Å². The molecule has 0 bridgehead atoms. The van der Waals surface area contributed by atoms with E-state index < -0.39 is 7.14 Å². The molecule has 2 aromatic rings. The number of hydrogen-bond donors (Lipinski definition) is 0. The van der Waals surface area contributed by atoms with E-state index in [4.69, 9.17) is 0 Å². The van der Waals surface area contributed by atoms with Gasteiger partial charge in [0.1, 0.15) is 7.14 Å². The van der Waals surface area contributed by atoms with Crippen molar-refractivity contribution in [3.63, 3.8) is 0 Å². The number of carbonyl (C=O) groups is 1. The maximum Gasteiger partial charge on any atom is 0.155 e. The van der Waals surface area contributed by atoms with Crippen molar-refractivity contribution in [2.75, 3.05) is 6.16 Å². The Bertz CT molecular complexity index is 674. The largest absolute Gasteiger partial charge is 0.313 e. The van der Waals surface area contributed by atoms with Gasteiger partial charge in [-0.05, 0) is 12.5 Å². The fourth-order valence-corrected chi connectivity index (χ4v) is 5.53. The summed E-state index contributed by atoms with van der Waals surface area (Å²) in [7, 11) is -2.72. The average Bonchev–Trinajstić information content (AvgIpc) is 2.94. The van der Waals surface area contributed by atoms with Crippen molar-refractivity contribution in [1.82, 2.24) is 0 Å². The van der Waals surface area contributed by atoms with Gasteiger partial charge in [-0.1, -0.05) is 66.2 Å². The Morgan fingerprint density at radius 2 is 1.33 bits per heavy atom. The second kappa shape index (κ2) is 5.83. The molecule has 2 nitrogen and oxygen atoms in total. The number of allylic oxidation sites excluding steroid dienone is 2. The molecule has 0 radical (unpaired) electrons. The molecular formula is C18H17O2P. The second-order valence-corrected chi connectivity index (χ2v) is 8.17. The summed E-state index contributed by atoms with van der Waals surface area (Å²) in [6.45, 7) is 0. The van der Waals surface area contributed by atoms with Gasteiger partial charge in [0.15, 0.2) is 5.78 Å². The summed E-state index contributed by atoms with van der Waals surface area (Å²) in [5.41, 5.74) is 1.01. The maximum atomic E-state index is 13.7. The van der Waals surface area contributed by atoms with Crippen molar-refractivity contribution in [3.05, 3.63) is 72.3 Å². The molecule has 0 aliphatic heterocycles. The van der Waals surface area contributed by atoms with Crippen LogP contribution in [0.5, 0.6) is 0 Å². The van der Waals surface area contributed by atoms with E-state index in [9.17, 15) is 9.36 Å². The van der Waals surface area contributed by atoms with E-state index >= 15 is 0 Å². The van der Waals surface area contributed by atoms with Gasteiger partial charge in [0.2, 0.25) is 0 Å². The fraction of sp³-hybridized carbons (Fsp3) is 0.167. The molecule has 0 aromatic heterocycles. The van der Waals surface area contributed by atoms with Gasteiger partial charge in [0.25, 0.3) is 0 Å². The molecule has 2 aromatic carbocycles. The highest BCUT2D eigenvalue weighted by atomic mass is 31.2. The lowest BCUT2D eigenvalue weighted by Gasteiger charge is -2.20. The first-order valence-corrected chi connectivity index (χ1v) is 9.00. The number of rotatable bonds is 4. The smallest absolute Gasteiger partial charge is 0.155 e. The summed E-state index contributed by atoms with van der Waals surface area (Å²) in [5, 5.41) is 1.72. The van der Waals surface area contributed by atoms with Crippen LogP contribution in [0.25, 0.3) is 0 Å². The standard InChI is InChI=1S/C18H17O2P/c19-16-12-11-15(13-16)14-21(20,17-7-3-1-4-8-17)18-9-5-2-6-10-18/h1-10,13H,11-12,14H2. The molecule has 0 N–H and O–H groups in total. The van der Waals surface area contributed by atoms with E-state index in [1.54, 1.807) is 6.08 Å². The summed E-state index contributed by atoms with van der Waals surface area (Å²) in [5.74, 6) is 0.151. The van der Waals surface area contributed by atoms with Crippen molar-refractivity contribution < 1.29 is 9.36 Å². The highest BCUT2D eigenvalue weighted by Crippen LogP contribution is 2.46. The molecule has 0 fully saturated rings. The van der Waals surface area contributed by atoms with Gasteiger partial charge in [-0.25, -0.2) is 0 Å². The predicted molar refractivity (Wildman–Crippen MR) is 86.9 cm³/mol. The topological polar surface area (TPSA) is 34.1 Å². The number of carbonyl (C=O) groups excluding carboxylic acids is 1. The Hall–Kier alpha value is -1.92. The van der Waals surface area contributed by atoms with Crippen molar-refractivity contribution in [1.29, 1.82) is 0 Å². The van der Waals surface area contributed by atoms with Crippen molar-refractivity contribution in [2.45, 2.75) is 12.8 Å². The molecule has 0 spiro atoms. The third kappa shape index (κ3) is 2.91. The summed E-state index contributed by atoms with van der Waals surface area (Å²) >= 11 is 0. The third-order valence-electron chi connectivity index (χ3n) is 3.83. The Labute approximate surface area is 124 Å². The van der Waals surface area contributed by atoms with Gasteiger partial charge in [0, 0.05) is 23.2 Å². The lowest BCUT2D eigenvalue weighted by molar-refractivity contribution is -0.114. The summed E-state index contributed by atoms with van der Waals surface area (Å²) < 4.78 is 13.7. The van der Waals surface area contributed by atoms with Crippen LogP contribution in [0.2, 0.25) is 0 Å². The van der Waals surface area contributed by atoms with Gasteiger partial charge >= 0.3 is 0 Å². The van der Waals surface area contributed by atoms with Crippen molar-refractivity contribution >= 4 is 23.5 Å². The van der Waals surface area contributed by atoms with Crippen molar-refractivity contribution in [3.8, 4) is 0 Å². The molecule has 1 aliphatic carbocycles. The minimum absolute atomic E-state index is 0.151. The normalized spacial score (nSPS) is 15.0. The molecular weight excluding hydrogens is 279 g/mol. The van der Waals surface area contributed by atoms with Gasteiger partial charge in [-0.2, -0.15) is 0 Å². The molecule has 106 valence electrons. The number of hydrogen-bond acceptors (Lipinski definition) is 2. The van der Waals surface area contributed by atoms with E-state index in [2.05, 4.69) is 0 Å². The van der Waals surface area contributed by atoms with E-state index in [-0.39, 0.29) is 5.78 Å². The summed E-state index contributed by atoms with van der Waals surface area (Å²) in [4.78, 5) is 11.4. The molecule has 3 rings (SSSR count). The Kier molecular flexibility index (Phi) is 3.90. The number of ketones is 1. The average molecular weight is 296 g/mol. The fourth-order valence-electron chi connectivity index (χ4n) is 2.74. The van der Waals surface area contributed by atoms with E-state index in [1.165, 1.54) is 0 Å². The summed E-state index contributed by atoms with van der Waals surface area (Å²) in [6, 6.07) is 19.2. The number of benzene rings is 2. The molecule has 0 saturated heterocycles. The maximum absolute atomic E-state index is 13.7. The zero-order chi connectivity index (χ0) is 14.7. The van der Waals surface area contributed by atoms with E-state index in [0.29, 0.717) is 12.6 Å². The molecule has 3 heteroatoms. The second-order valence-electron chi connectivity index (χ2n) is 5.34. The lowest BCUT2D eigenvalue weighted by Crippen LogP contribution is -2.19. The quantitative estimate of drug-likeness (QED) is 0.811. The Morgan fingerprint density at radius 1 is 0.810 bits per heavy atom. The molecule has 0 atom stereocenters. The highest BCUT2D eigenvalue weighted by molar-refractivity contribution is 7.78. The van der Waals surface area contributed by atoms with E-state index in [0.717, 1.165) is 22.6 Å². The van der Waals surface area contributed by atoms with Crippen LogP contribution in [0.15, 0.2) is 72.3 Å². The molecule has 0 heterocycles. The molecule has 1 aliphatic rings. The van der Waals surface area contributed by atoms with Gasteiger partial charge in [-0.15, -0.1) is 0 Å². The minimum atomic E-state index is -2.72.